The van der Waals surface area contributed by atoms with Gasteiger partial charge in [0.2, 0.25) is 0 Å². The Kier molecular flexibility index (Phi) is 7.45. The second kappa shape index (κ2) is 10.7. The molecule has 1 unspecified atom stereocenters. The Balaban J connectivity index is 1.54. The number of benzene rings is 2. The number of rotatable bonds is 8. The van der Waals surface area contributed by atoms with E-state index in [4.69, 9.17) is 4.74 Å². The highest BCUT2D eigenvalue weighted by Crippen LogP contribution is 2.21. The molecule has 1 N–H and O–H groups in total. The Morgan fingerprint density at radius 2 is 1.94 bits per heavy atom. The number of ether oxygens (including phenoxy) is 1. The van der Waals surface area contributed by atoms with Crippen molar-refractivity contribution in [1.29, 1.82) is 0 Å². The van der Waals surface area contributed by atoms with Gasteiger partial charge in [0.25, 0.3) is 11.5 Å². The zero-order chi connectivity index (χ0) is 23.2. The third-order valence-electron chi connectivity index (χ3n) is 6.63. The van der Waals surface area contributed by atoms with Gasteiger partial charge in [0.15, 0.2) is 0 Å². The molecule has 6 heteroatoms. The molecule has 1 atom stereocenters. The van der Waals surface area contributed by atoms with Gasteiger partial charge < -0.3 is 15.0 Å². The number of hydrogen-bond donors (Lipinski definition) is 1. The van der Waals surface area contributed by atoms with E-state index in [1.54, 1.807) is 25.4 Å². The number of methoxy groups -OCH3 is 1. The van der Waals surface area contributed by atoms with E-state index in [-0.39, 0.29) is 11.5 Å². The molecule has 0 aliphatic carbocycles. The van der Waals surface area contributed by atoms with Gasteiger partial charge in [0.1, 0.15) is 5.75 Å². The van der Waals surface area contributed by atoms with Crippen LogP contribution >= 0.6 is 0 Å². The van der Waals surface area contributed by atoms with Gasteiger partial charge >= 0.3 is 0 Å². The molecule has 1 aliphatic heterocycles. The van der Waals surface area contributed by atoms with Crippen LogP contribution < -0.4 is 15.6 Å². The number of amides is 1. The third-order valence-corrected chi connectivity index (χ3v) is 6.63. The first-order valence-corrected chi connectivity index (χ1v) is 11.9. The average Bonchev–Trinajstić information content (AvgIpc) is 2.87. The molecule has 1 aliphatic rings. The largest absolute Gasteiger partial charge is 0.497 e. The molecule has 1 fully saturated rings. The van der Waals surface area contributed by atoms with Crippen molar-refractivity contribution < 1.29 is 9.53 Å². The molecule has 33 heavy (non-hydrogen) atoms. The van der Waals surface area contributed by atoms with Crippen LogP contribution in [-0.2, 0) is 0 Å². The number of piperidine rings is 1. The van der Waals surface area contributed by atoms with E-state index in [1.807, 2.05) is 36.4 Å². The van der Waals surface area contributed by atoms with E-state index in [9.17, 15) is 9.59 Å². The minimum Gasteiger partial charge on any atom is -0.497 e. The molecule has 174 valence electrons. The topological polar surface area (TPSA) is 63.6 Å². The predicted octanol–water partition coefficient (Wildman–Crippen LogP) is 4.38. The van der Waals surface area contributed by atoms with Crippen LogP contribution in [0.1, 0.15) is 49.4 Å². The van der Waals surface area contributed by atoms with Gasteiger partial charge in [-0.15, -0.1) is 0 Å². The molecule has 3 aromatic rings. The van der Waals surface area contributed by atoms with Crippen molar-refractivity contribution in [2.45, 2.75) is 45.1 Å². The number of hydrogen-bond acceptors (Lipinski definition) is 4. The zero-order valence-corrected chi connectivity index (χ0v) is 19.5. The SMILES string of the molecule is CCC1CCCCN1CCCNC(=O)c1cn(-c2cccc(OC)c2)c(=O)c2ccccc12. The number of nitrogens with zero attached hydrogens (tertiary/aromatic N) is 2. The zero-order valence-electron chi connectivity index (χ0n) is 19.5. The standard InChI is InChI=1S/C27H33N3O3/c1-3-20-10-6-7-16-29(20)17-9-15-28-26(31)25-19-30(21-11-8-12-22(18-21)33-2)27(32)24-14-5-4-13-23(24)25/h4-5,8,11-14,18-20H,3,6-7,9-10,15-17H2,1-2H3,(H,28,31). The molecule has 2 heterocycles. The van der Waals surface area contributed by atoms with Crippen molar-refractivity contribution in [3.8, 4) is 11.4 Å². The molecule has 0 spiro atoms. The fourth-order valence-corrected chi connectivity index (χ4v) is 4.82. The van der Waals surface area contributed by atoms with Crippen LogP contribution in [0.3, 0.4) is 0 Å². The first kappa shape index (κ1) is 23.1. The smallest absolute Gasteiger partial charge is 0.262 e. The molecular formula is C27H33N3O3. The van der Waals surface area contributed by atoms with E-state index in [0.29, 0.717) is 40.4 Å². The van der Waals surface area contributed by atoms with Crippen LogP contribution in [0.2, 0.25) is 0 Å². The summed E-state index contributed by atoms with van der Waals surface area (Å²) >= 11 is 0. The highest BCUT2D eigenvalue weighted by Gasteiger charge is 2.20. The van der Waals surface area contributed by atoms with E-state index >= 15 is 0 Å². The van der Waals surface area contributed by atoms with Gasteiger partial charge in [-0.1, -0.05) is 37.6 Å². The molecule has 4 rings (SSSR count). The number of fused-ring (bicyclic) bond motifs is 1. The summed E-state index contributed by atoms with van der Waals surface area (Å²) in [5.74, 6) is 0.496. The molecular weight excluding hydrogens is 414 g/mol. The Bertz CT molecular complexity index is 1170. The van der Waals surface area contributed by atoms with Crippen LogP contribution in [0.5, 0.6) is 5.75 Å². The Hall–Kier alpha value is -3.12. The highest BCUT2D eigenvalue weighted by molar-refractivity contribution is 6.06. The first-order chi connectivity index (χ1) is 16.1. The maximum absolute atomic E-state index is 13.2. The molecule has 0 bridgehead atoms. The van der Waals surface area contributed by atoms with E-state index in [1.165, 1.54) is 30.3 Å². The van der Waals surface area contributed by atoms with Gasteiger partial charge in [0.05, 0.1) is 18.4 Å². The molecule has 0 radical (unpaired) electrons. The number of likely N-dealkylation sites (tertiary alicyclic amines) is 1. The molecule has 2 aromatic carbocycles. The van der Waals surface area contributed by atoms with Gasteiger partial charge in [-0.25, -0.2) is 0 Å². The summed E-state index contributed by atoms with van der Waals surface area (Å²) in [6.07, 6.45) is 7.61. The summed E-state index contributed by atoms with van der Waals surface area (Å²) in [4.78, 5) is 28.9. The minimum atomic E-state index is -0.161. The van der Waals surface area contributed by atoms with E-state index in [2.05, 4.69) is 17.1 Å². The number of nitrogens with one attached hydrogen (secondary N) is 1. The van der Waals surface area contributed by atoms with E-state index in [0.717, 1.165) is 19.5 Å². The summed E-state index contributed by atoms with van der Waals surface area (Å²) < 4.78 is 6.84. The molecule has 6 nitrogen and oxygen atoms in total. The summed E-state index contributed by atoms with van der Waals surface area (Å²) in [6.45, 7) is 5.02. The van der Waals surface area contributed by atoms with Crippen LogP contribution in [0.25, 0.3) is 16.5 Å². The fourth-order valence-electron chi connectivity index (χ4n) is 4.82. The van der Waals surface area contributed by atoms with Crippen molar-refractivity contribution in [3.05, 3.63) is 70.6 Å². The summed E-state index contributed by atoms with van der Waals surface area (Å²) in [7, 11) is 1.59. The van der Waals surface area contributed by atoms with Crippen molar-refractivity contribution in [1.82, 2.24) is 14.8 Å². The lowest BCUT2D eigenvalue weighted by Gasteiger charge is -2.35. The maximum atomic E-state index is 13.2. The lowest BCUT2D eigenvalue weighted by Crippen LogP contribution is -2.40. The van der Waals surface area contributed by atoms with Gasteiger partial charge in [-0.3, -0.25) is 14.2 Å². The summed E-state index contributed by atoms with van der Waals surface area (Å²) in [6, 6.07) is 15.2. The van der Waals surface area contributed by atoms with Crippen molar-refractivity contribution in [2.75, 3.05) is 26.7 Å². The van der Waals surface area contributed by atoms with Crippen LogP contribution in [0.4, 0.5) is 0 Å². The van der Waals surface area contributed by atoms with Crippen molar-refractivity contribution in [3.63, 3.8) is 0 Å². The molecule has 1 saturated heterocycles. The van der Waals surface area contributed by atoms with E-state index < -0.39 is 0 Å². The number of pyridine rings is 1. The number of carbonyl (C=O) groups is 1. The molecule has 1 aromatic heterocycles. The third kappa shape index (κ3) is 5.11. The maximum Gasteiger partial charge on any atom is 0.262 e. The van der Waals surface area contributed by atoms with Gasteiger partial charge in [-0.05, 0) is 50.4 Å². The predicted molar refractivity (Wildman–Crippen MR) is 133 cm³/mol. The van der Waals surface area contributed by atoms with Gasteiger partial charge in [0, 0.05) is 42.2 Å². The lowest BCUT2D eigenvalue weighted by atomic mass is 10.00. The number of carbonyl (C=O) groups excluding carboxylic acids is 1. The van der Waals surface area contributed by atoms with Crippen LogP contribution in [-0.4, -0.2) is 48.2 Å². The highest BCUT2D eigenvalue weighted by atomic mass is 16.5. The second-order valence-corrected chi connectivity index (χ2v) is 8.67. The first-order valence-electron chi connectivity index (χ1n) is 11.9. The Labute approximate surface area is 195 Å². The second-order valence-electron chi connectivity index (χ2n) is 8.67. The Morgan fingerprint density at radius 3 is 2.73 bits per heavy atom. The molecule has 1 amide bonds. The fraction of sp³-hybridized carbons (Fsp3) is 0.407. The summed E-state index contributed by atoms with van der Waals surface area (Å²) in [5.41, 5.74) is 0.999. The molecule has 0 saturated carbocycles. The lowest BCUT2D eigenvalue weighted by molar-refractivity contribution is 0.0948. The monoisotopic (exact) mass is 447 g/mol. The normalized spacial score (nSPS) is 16.6. The Morgan fingerprint density at radius 1 is 1.12 bits per heavy atom. The number of aromatic nitrogens is 1. The summed E-state index contributed by atoms with van der Waals surface area (Å²) in [5, 5.41) is 4.27. The quantitative estimate of drug-likeness (QED) is 0.521. The van der Waals surface area contributed by atoms with Crippen molar-refractivity contribution in [2.24, 2.45) is 0 Å². The minimum absolute atomic E-state index is 0.159. The van der Waals surface area contributed by atoms with Crippen molar-refractivity contribution >= 4 is 16.7 Å². The van der Waals surface area contributed by atoms with Gasteiger partial charge in [-0.2, -0.15) is 0 Å². The van der Waals surface area contributed by atoms with Crippen LogP contribution in [0.15, 0.2) is 59.5 Å². The average molecular weight is 448 g/mol. The van der Waals surface area contributed by atoms with Crippen LogP contribution in [0, 0.1) is 0 Å².